The minimum atomic E-state index is -3.95. The fraction of sp³-hybridized carbons (Fsp3) is 0.556. The van der Waals surface area contributed by atoms with Gasteiger partial charge in [-0.05, 0) is 12.1 Å². The maximum atomic E-state index is 13.1. The molecule has 31 heavy (non-hydrogen) atoms. The molecule has 12 nitrogen and oxygen atoms in total. The number of nitrogens with one attached hydrogen (secondary N) is 2. The molecular weight excluding hydrogens is 434 g/mol. The van der Waals surface area contributed by atoms with Crippen LogP contribution in [0.25, 0.3) is 0 Å². The molecule has 1 heterocycles. The molecule has 1 aliphatic heterocycles. The van der Waals surface area contributed by atoms with E-state index in [0.717, 1.165) is 4.31 Å². The summed E-state index contributed by atoms with van der Waals surface area (Å²) in [5.41, 5.74) is 0. The van der Waals surface area contributed by atoms with Crippen molar-refractivity contribution in [2.45, 2.75) is 17.4 Å². The Balaban J connectivity index is 2.02. The molecule has 1 atom stereocenters. The van der Waals surface area contributed by atoms with Gasteiger partial charge in [0.15, 0.2) is 17.8 Å². The van der Waals surface area contributed by atoms with Crippen LogP contribution in [0.15, 0.2) is 23.1 Å². The van der Waals surface area contributed by atoms with Crippen molar-refractivity contribution >= 4 is 21.8 Å². The lowest BCUT2D eigenvalue weighted by molar-refractivity contribution is -0.142. The van der Waals surface area contributed by atoms with Crippen molar-refractivity contribution in [3.05, 3.63) is 18.2 Å². The number of amides is 2. The topological polar surface area (TPSA) is 142 Å². The van der Waals surface area contributed by atoms with Crippen LogP contribution in [0.4, 0.5) is 0 Å². The third-order valence-electron chi connectivity index (χ3n) is 4.50. The SMILES string of the molecule is COc1ccc(S(=O)(=O)N2CCO[C@H]2CNC(=O)C(=O)NCC(OC)OC)cc1OC. The number of hydrogen-bond acceptors (Lipinski definition) is 9. The fourth-order valence-corrected chi connectivity index (χ4v) is 4.36. The van der Waals surface area contributed by atoms with Crippen LogP contribution in [-0.4, -0.2) is 91.7 Å². The standard InChI is InChI=1S/C18H27N3O9S/c1-26-13-6-5-12(9-14(13)27-2)31(24,25)21-7-8-30-15(21)10-19-17(22)18(23)20-11-16(28-3)29-4/h5-6,9,15-16H,7-8,10-11H2,1-4H3,(H,19,22)(H,20,23)/t15-/m0/s1. The lowest BCUT2D eigenvalue weighted by Crippen LogP contribution is -2.48. The summed E-state index contributed by atoms with van der Waals surface area (Å²) in [6.45, 7) is -0.00880. The molecule has 0 saturated carbocycles. The van der Waals surface area contributed by atoms with E-state index in [1.165, 1.54) is 46.6 Å². The van der Waals surface area contributed by atoms with Crippen LogP contribution in [0.2, 0.25) is 0 Å². The molecule has 1 fully saturated rings. The summed E-state index contributed by atoms with van der Waals surface area (Å²) in [5, 5.41) is 4.72. The largest absolute Gasteiger partial charge is 0.493 e. The molecule has 0 spiro atoms. The lowest BCUT2D eigenvalue weighted by Gasteiger charge is -2.23. The van der Waals surface area contributed by atoms with Crippen molar-refractivity contribution in [2.24, 2.45) is 0 Å². The Kier molecular flexibility index (Phi) is 9.00. The lowest BCUT2D eigenvalue weighted by atomic mass is 10.3. The predicted molar refractivity (Wildman–Crippen MR) is 107 cm³/mol. The average Bonchev–Trinajstić information content (AvgIpc) is 3.27. The van der Waals surface area contributed by atoms with Gasteiger partial charge >= 0.3 is 11.8 Å². The summed E-state index contributed by atoms with van der Waals surface area (Å²) in [5.74, 6) is -1.20. The van der Waals surface area contributed by atoms with Crippen molar-refractivity contribution < 1.29 is 41.7 Å². The van der Waals surface area contributed by atoms with Gasteiger partial charge in [0.2, 0.25) is 10.0 Å². The molecule has 0 unspecified atom stereocenters. The molecule has 0 aromatic heterocycles. The molecule has 2 N–H and O–H groups in total. The maximum Gasteiger partial charge on any atom is 0.309 e. The Morgan fingerprint density at radius 3 is 2.35 bits per heavy atom. The number of nitrogens with zero attached hydrogens (tertiary/aromatic N) is 1. The minimum Gasteiger partial charge on any atom is -0.493 e. The number of methoxy groups -OCH3 is 4. The van der Waals surface area contributed by atoms with E-state index >= 15 is 0 Å². The van der Waals surface area contributed by atoms with E-state index in [0.29, 0.717) is 5.75 Å². The number of hydrogen-bond donors (Lipinski definition) is 2. The van der Waals surface area contributed by atoms with Crippen LogP contribution in [-0.2, 0) is 33.8 Å². The molecule has 174 valence electrons. The van der Waals surface area contributed by atoms with Crippen LogP contribution < -0.4 is 20.1 Å². The Morgan fingerprint density at radius 2 is 1.74 bits per heavy atom. The van der Waals surface area contributed by atoms with E-state index in [4.69, 9.17) is 23.7 Å². The van der Waals surface area contributed by atoms with Gasteiger partial charge < -0.3 is 34.3 Å². The second-order valence-electron chi connectivity index (χ2n) is 6.28. The number of ether oxygens (including phenoxy) is 5. The molecule has 0 bridgehead atoms. The summed E-state index contributed by atoms with van der Waals surface area (Å²) in [6, 6.07) is 4.22. The molecule has 0 radical (unpaired) electrons. The predicted octanol–water partition coefficient (Wildman–Crippen LogP) is -1.10. The van der Waals surface area contributed by atoms with Gasteiger partial charge in [0.25, 0.3) is 0 Å². The summed E-state index contributed by atoms with van der Waals surface area (Å²) < 4.78 is 52.8. The summed E-state index contributed by atoms with van der Waals surface area (Å²) in [7, 11) is 1.68. The Morgan fingerprint density at radius 1 is 1.10 bits per heavy atom. The molecule has 1 aliphatic rings. The van der Waals surface area contributed by atoms with E-state index in [2.05, 4.69) is 10.6 Å². The second kappa shape index (κ2) is 11.2. The average molecular weight is 461 g/mol. The third kappa shape index (κ3) is 6.04. The second-order valence-corrected chi connectivity index (χ2v) is 8.17. The Hall–Kier alpha value is -2.45. The highest BCUT2D eigenvalue weighted by Crippen LogP contribution is 2.31. The zero-order chi connectivity index (χ0) is 23.0. The molecule has 1 aromatic carbocycles. The first-order valence-corrected chi connectivity index (χ1v) is 10.7. The molecule has 0 aliphatic carbocycles. The van der Waals surface area contributed by atoms with Crippen LogP contribution in [0.5, 0.6) is 11.5 Å². The van der Waals surface area contributed by atoms with Gasteiger partial charge in [0, 0.05) is 26.8 Å². The zero-order valence-corrected chi connectivity index (χ0v) is 18.6. The van der Waals surface area contributed by atoms with Crippen molar-refractivity contribution in [3.8, 4) is 11.5 Å². The monoisotopic (exact) mass is 461 g/mol. The highest BCUT2D eigenvalue weighted by Gasteiger charge is 2.37. The summed E-state index contributed by atoms with van der Waals surface area (Å²) in [6.07, 6.45) is -1.67. The molecule has 1 aromatic rings. The van der Waals surface area contributed by atoms with Crippen LogP contribution in [0, 0.1) is 0 Å². The smallest absolute Gasteiger partial charge is 0.309 e. The van der Waals surface area contributed by atoms with E-state index in [1.807, 2.05) is 0 Å². The van der Waals surface area contributed by atoms with Crippen molar-refractivity contribution in [1.29, 1.82) is 0 Å². The van der Waals surface area contributed by atoms with Gasteiger partial charge in [-0.25, -0.2) is 8.42 Å². The van der Waals surface area contributed by atoms with Gasteiger partial charge in [0.1, 0.15) is 6.23 Å². The fourth-order valence-electron chi connectivity index (χ4n) is 2.83. The number of sulfonamides is 1. The van der Waals surface area contributed by atoms with Crippen molar-refractivity contribution in [3.63, 3.8) is 0 Å². The van der Waals surface area contributed by atoms with Crippen LogP contribution >= 0.6 is 0 Å². The van der Waals surface area contributed by atoms with Gasteiger partial charge in [-0.15, -0.1) is 0 Å². The van der Waals surface area contributed by atoms with E-state index in [-0.39, 0.29) is 36.9 Å². The molecular formula is C18H27N3O9S. The van der Waals surface area contributed by atoms with Gasteiger partial charge in [-0.3, -0.25) is 9.59 Å². The summed E-state index contributed by atoms with van der Waals surface area (Å²) in [4.78, 5) is 23.9. The normalized spacial score (nSPS) is 16.9. The number of rotatable bonds is 10. The van der Waals surface area contributed by atoms with Gasteiger partial charge in [0.05, 0.1) is 38.8 Å². The minimum absolute atomic E-state index is 0.0186. The highest BCUT2D eigenvalue weighted by molar-refractivity contribution is 7.89. The van der Waals surface area contributed by atoms with E-state index in [9.17, 15) is 18.0 Å². The van der Waals surface area contributed by atoms with Crippen molar-refractivity contribution in [2.75, 3.05) is 54.7 Å². The quantitative estimate of drug-likeness (QED) is 0.328. The zero-order valence-electron chi connectivity index (χ0n) is 17.7. The first-order chi connectivity index (χ1) is 14.8. The molecule has 2 amide bonds. The number of benzene rings is 1. The highest BCUT2D eigenvalue weighted by atomic mass is 32.2. The van der Waals surface area contributed by atoms with Crippen molar-refractivity contribution in [1.82, 2.24) is 14.9 Å². The Labute approximate surface area is 180 Å². The van der Waals surface area contributed by atoms with E-state index in [1.54, 1.807) is 0 Å². The van der Waals surface area contributed by atoms with E-state index < -0.39 is 34.4 Å². The first kappa shape index (κ1) is 24.8. The maximum absolute atomic E-state index is 13.1. The first-order valence-electron chi connectivity index (χ1n) is 9.25. The van der Waals surface area contributed by atoms with Gasteiger partial charge in [-0.1, -0.05) is 0 Å². The third-order valence-corrected chi connectivity index (χ3v) is 6.39. The van der Waals surface area contributed by atoms with Crippen LogP contribution in [0.3, 0.4) is 0 Å². The number of carbonyl (C=O) groups is 2. The number of carbonyl (C=O) groups excluding carboxylic acids is 2. The van der Waals surface area contributed by atoms with Crippen LogP contribution in [0.1, 0.15) is 0 Å². The Bertz CT molecular complexity index is 874. The molecule has 13 heteroatoms. The molecule has 1 saturated heterocycles. The van der Waals surface area contributed by atoms with Gasteiger partial charge in [-0.2, -0.15) is 4.31 Å². The molecule has 2 rings (SSSR count). The summed E-state index contributed by atoms with van der Waals surface area (Å²) >= 11 is 0.